The van der Waals surface area contributed by atoms with Gasteiger partial charge in [-0.15, -0.1) is 0 Å². The SMILES string of the molecule is C=C(C)CNC1CCCc2cc(OC)ccc21. The number of benzene rings is 1. The molecule has 0 aliphatic heterocycles. The molecule has 0 amide bonds. The monoisotopic (exact) mass is 231 g/mol. The van der Waals surface area contributed by atoms with E-state index in [1.54, 1.807) is 7.11 Å². The Morgan fingerprint density at radius 3 is 3.06 bits per heavy atom. The van der Waals surface area contributed by atoms with E-state index in [0.29, 0.717) is 6.04 Å². The van der Waals surface area contributed by atoms with Crippen molar-refractivity contribution in [3.05, 3.63) is 41.5 Å². The molecule has 2 nitrogen and oxygen atoms in total. The molecule has 1 unspecified atom stereocenters. The summed E-state index contributed by atoms with van der Waals surface area (Å²) in [7, 11) is 1.72. The van der Waals surface area contributed by atoms with Crippen molar-refractivity contribution in [2.24, 2.45) is 0 Å². The van der Waals surface area contributed by atoms with E-state index >= 15 is 0 Å². The predicted octanol–water partition coefficient (Wildman–Crippen LogP) is 3.24. The lowest BCUT2D eigenvalue weighted by Gasteiger charge is -2.27. The van der Waals surface area contributed by atoms with Gasteiger partial charge in [-0.25, -0.2) is 0 Å². The third-order valence-electron chi connectivity index (χ3n) is 3.31. The van der Waals surface area contributed by atoms with Gasteiger partial charge in [0.25, 0.3) is 0 Å². The lowest BCUT2D eigenvalue weighted by Crippen LogP contribution is -2.26. The van der Waals surface area contributed by atoms with Crippen LogP contribution in [0.25, 0.3) is 0 Å². The molecule has 0 spiro atoms. The van der Waals surface area contributed by atoms with Gasteiger partial charge in [0.2, 0.25) is 0 Å². The summed E-state index contributed by atoms with van der Waals surface area (Å²) < 4.78 is 5.28. The molecule has 0 heterocycles. The molecule has 92 valence electrons. The number of hydrogen-bond acceptors (Lipinski definition) is 2. The van der Waals surface area contributed by atoms with E-state index in [1.807, 2.05) is 0 Å². The van der Waals surface area contributed by atoms with E-state index in [4.69, 9.17) is 4.74 Å². The third-order valence-corrected chi connectivity index (χ3v) is 3.31. The van der Waals surface area contributed by atoms with Gasteiger partial charge in [-0.3, -0.25) is 0 Å². The van der Waals surface area contributed by atoms with E-state index in [2.05, 4.69) is 37.0 Å². The first kappa shape index (κ1) is 12.2. The van der Waals surface area contributed by atoms with Crippen molar-refractivity contribution in [1.29, 1.82) is 0 Å². The van der Waals surface area contributed by atoms with Gasteiger partial charge in [-0.05, 0) is 49.4 Å². The van der Waals surface area contributed by atoms with Crippen LogP contribution in [-0.4, -0.2) is 13.7 Å². The summed E-state index contributed by atoms with van der Waals surface area (Å²) in [5.74, 6) is 0.962. The zero-order valence-corrected chi connectivity index (χ0v) is 10.8. The summed E-state index contributed by atoms with van der Waals surface area (Å²) in [4.78, 5) is 0. The normalized spacial score (nSPS) is 18.6. The molecule has 1 N–H and O–H groups in total. The number of hydrogen-bond donors (Lipinski definition) is 1. The second kappa shape index (κ2) is 5.37. The number of aryl methyl sites for hydroxylation is 1. The Morgan fingerprint density at radius 1 is 1.53 bits per heavy atom. The Kier molecular flexibility index (Phi) is 3.85. The Hall–Kier alpha value is -1.28. The second-order valence-corrected chi connectivity index (χ2v) is 4.85. The van der Waals surface area contributed by atoms with Gasteiger partial charge in [-0.1, -0.05) is 18.2 Å². The van der Waals surface area contributed by atoms with Crippen molar-refractivity contribution < 1.29 is 4.74 Å². The van der Waals surface area contributed by atoms with Crippen LogP contribution in [0.2, 0.25) is 0 Å². The molecular formula is C15H21NO. The fraction of sp³-hybridized carbons (Fsp3) is 0.467. The highest BCUT2D eigenvalue weighted by Crippen LogP contribution is 2.32. The van der Waals surface area contributed by atoms with Crippen LogP contribution in [0.5, 0.6) is 5.75 Å². The van der Waals surface area contributed by atoms with Gasteiger partial charge in [0.15, 0.2) is 0 Å². The summed E-state index contributed by atoms with van der Waals surface area (Å²) in [6.45, 7) is 6.90. The zero-order chi connectivity index (χ0) is 12.3. The largest absolute Gasteiger partial charge is 0.497 e. The van der Waals surface area contributed by atoms with Crippen molar-refractivity contribution in [3.8, 4) is 5.75 Å². The molecule has 0 saturated heterocycles. The summed E-state index contributed by atoms with van der Waals surface area (Å²) in [6.07, 6.45) is 3.62. The molecular weight excluding hydrogens is 210 g/mol. The van der Waals surface area contributed by atoms with Gasteiger partial charge >= 0.3 is 0 Å². The van der Waals surface area contributed by atoms with E-state index in [-0.39, 0.29) is 0 Å². The van der Waals surface area contributed by atoms with Crippen LogP contribution < -0.4 is 10.1 Å². The quantitative estimate of drug-likeness (QED) is 0.803. The number of methoxy groups -OCH3 is 1. The van der Waals surface area contributed by atoms with Gasteiger partial charge in [0.05, 0.1) is 7.11 Å². The number of fused-ring (bicyclic) bond motifs is 1. The third kappa shape index (κ3) is 2.89. The van der Waals surface area contributed by atoms with Crippen LogP contribution >= 0.6 is 0 Å². The van der Waals surface area contributed by atoms with Gasteiger partial charge in [-0.2, -0.15) is 0 Å². The highest BCUT2D eigenvalue weighted by molar-refractivity contribution is 5.39. The summed E-state index contributed by atoms with van der Waals surface area (Å²) in [6, 6.07) is 6.90. The van der Waals surface area contributed by atoms with Crippen LogP contribution in [0.15, 0.2) is 30.4 Å². The lowest BCUT2D eigenvalue weighted by molar-refractivity contribution is 0.411. The molecule has 1 aliphatic rings. The molecule has 0 fully saturated rings. The standard InChI is InChI=1S/C15H21NO/c1-11(2)10-16-15-6-4-5-12-9-13(17-3)7-8-14(12)15/h7-9,15-16H,1,4-6,10H2,2-3H3. The molecule has 0 radical (unpaired) electrons. The van der Waals surface area contributed by atoms with Crippen molar-refractivity contribution in [1.82, 2.24) is 5.32 Å². The van der Waals surface area contributed by atoms with Gasteiger partial charge < -0.3 is 10.1 Å². The van der Waals surface area contributed by atoms with Crippen molar-refractivity contribution in [2.45, 2.75) is 32.2 Å². The smallest absolute Gasteiger partial charge is 0.119 e. The molecule has 2 rings (SSSR count). The van der Waals surface area contributed by atoms with E-state index in [9.17, 15) is 0 Å². The molecule has 1 aromatic carbocycles. The highest BCUT2D eigenvalue weighted by Gasteiger charge is 2.19. The molecule has 1 aromatic rings. The number of rotatable bonds is 4. The molecule has 2 heteroatoms. The summed E-state index contributed by atoms with van der Waals surface area (Å²) in [5, 5.41) is 3.57. The maximum absolute atomic E-state index is 5.28. The van der Waals surface area contributed by atoms with Crippen LogP contribution in [0.4, 0.5) is 0 Å². The average Bonchev–Trinajstić information content (AvgIpc) is 2.35. The minimum Gasteiger partial charge on any atom is -0.497 e. The first-order valence-electron chi connectivity index (χ1n) is 6.25. The van der Waals surface area contributed by atoms with Crippen molar-refractivity contribution >= 4 is 0 Å². The Labute approximate surface area is 104 Å². The Morgan fingerprint density at radius 2 is 2.35 bits per heavy atom. The van der Waals surface area contributed by atoms with Crippen molar-refractivity contribution in [3.63, 3.8) is 0 Å². The zero-order valence-electron chi connectivity index (χ0n) is 10.8. The maximum Gasteiger partial charge on any atom is 0.119 e. The fourth-order valence-corrected chi connectivity index (χ4v) is 2.43. The second-order valence-electron chi connectivity index (χ2n) is 4.85. The Balaban J connectivity index is 2.16. The van der Waals surface area contributed by atoms with Gasteiger partial charge in [0.1, 0.15) is 5.75 Å². The maximum atomic E-state index is 5.28. The molecule has 1 atom stereocenters. The average molecular weight is 231 g/mol. The van der Waals surface area contributed by atoms with Crippen LogP contribution in [0.1, 0.15) is 36.9 Å². The molecule has 0 aromatic heterocycles. The molecule has 0 bridgehead atoms. The summed E-state index contributed by atoms with van der Waals surface area (Å²) >= 11 is 0. The molecule has 1 aliphatic carbocycles. The van der Waals surface area contributed by atoms with Crippen LogP contribution in [0.3, 0.4) is 0 Å². The predicted molar refractivity (Wildman–Crippen MR) is 71.5 cm³/mol. The summed E-state index contributed by atoms with van der Waals surface area (Å²) in [5.41, 5.74) is 4.04. The van der Waals surface area contributed by atoms with Crippen molar-refractivity contribution in [2.75, 3.05) is 13.7 Å². The van der Waals surface area contributed by atoms with E-state index < -0.39 is 0 Å². The fourth-order valence-electron chi connectivity index (χ4n) is 2.43. The lowest BCUT2D eigenvalue weighted by atomic mass is 9.87. The molecule has 17 heavy (non-hydrogen) atoms. The number of ether oxygens (including phenoxy) is 1. The van der Waals surface area contributed by atoms with Gasteiger partial charge in [0, 0.05) is 12.6 Å². The number of nitrogens with one attached hydrogen (secondary N) is 1. The first-order valence-corrected chi connectivity index (χ1v) is 6.25. The van der Waals surface area contributed by atoms with E-state index in [0.717, 1.165) is 18.7 Å². The first-order chi connectivity index (χ1) is 8.20. The Bertz CT molecular complexity index is 411. The molecule has 0 saturated carbocycles. The van der Waals surface area contributed by atoms with Crippen LogP contribution in [-0.2, 0) is 6.42 Å². The minimum absolute atomic E-state index is 0.473. The van der Waals surface area contributed by atoms with E-state index in [1.165, 1.54) is 29.5 Å². The van der Waals surface area contributed by atoms with Crippen LogP contribution in [0, 0.1) is 0 Å². The topological polar surface area (TPSA) is 21.3 Å². The highest BCUT2D eigenvalue weighted by atomic mass is 16.5. The minimum atomic E-state index is 0.473.